The molecule has 0 fully saturated rings. The third kappa shape index (κ3) is 1.22. The van der Waals surface area contributed by atoms with E-state index in [4.69, 9.17) is 8.83 Å². The highest BCUT2D eigenvalue weighted by Crippen LogP contribution is 2.29. The number of nitrogens with zero attached hydrogens (tertiary/aromatic N) is 2. The van der Waals surface area contributed by atoms with Crippen LogP contribution in [0.1, 0.15) is 5.89 Å². The van der Waals surface area contributed by atoms with Crippen LogP contribution < -0.4 is 0 Å². The number of rotatable bonds is 1. The molecule has 4 heteroatoms. The standard InChI is InChI=1S/C11H8N2O2/c1-7-12-13-11(15-7)10-9-5-3-2-4-8(9)6-14-10/h2-6H,1H3. The maximum absolute atomic E-state index is 5.42. The zero-order valence-corrected chi connectivity index (χ0v) is 8.10. The van der Waals surface area contributed by atoms with Crippen molar-refractivity contribution in [2.75, 3.05) is 0 Å². The zero-order chi connectivity index (χ0) is 10.3. The number of benzene rings is 1. The van der Waals surface area contributed by atoms with Crippen molar-refractivity contribution in [3.8, 4) is 11.7 Å². The molecule has 0 aliphatic heterocycles. The molecule has 0 radical (unpaired) electrons. The summed E-state index contributed by atoms with van der Waals surface area (Å²) in [5.41, 5.74) is 0. The fourth-order valence-corrected chi connectivity index (χ4v) is 1.55. The van der Waals surface area contributed by atoms with E-state index in [0.29, 0.717) is 17.5 Å². The van der Waals surface area contributed by atoms with Crippen LogP contribution in [-0.2, 0) is 0 Å². The van der Waals surface area contributed by atoms with Crippen LogP contribution in [0.15, 0.2) is 39.4 Å². The Labute approximate surface area is 85.5 Å². The van der Waals surface area contributed by atoms with Gasteiger partial charge in [0.2, 0.25) is 5.89 Å². The summed E-state index contributed by atoms with van der Waals surface area (Å²) in [7, 11) is 0. The monoisotopic (exact) mass is 200 g/mol. The minimum atomic E-state index is 0.425. The Bertz CT molecular complexity index is 610. The Morgan fingerprint density at radius 1 is 1.13 bits per heavy atom. The second-order valence-electron chi connectivity index (χ2n) is 3.28. The first-order valence-corrected chi connectivity index (χ1v) is 4.61. The maximum Gasteiger partial charge on any atom is 0.284 e. The van der Waals surface area contributed by atoms with Gasteiger partial charge in [0.05, 0.1) is 6.26 Å². The molecule has 4 nitrogen and oxygen atoms in total. The smallest absolute Gasteiger partial charge is 0.284 e. The molecular weight excluding hydrogens is 192 g/mol. The Balaban J connectivity index is 2.27. The SMILES string of the molecule is Cc1nnc(-c2occ3ccccc23)o1. The van der Waals surface area contributed by atoms with Crippen molar-refractivity contribution in [2.45, 2.75) is 6.92 Å². The third-order valence-electron chi connectivity index (χ3n) is 2.23. The predicted octanol–water partition coefficient (Wildman–Crippen LogP) is 2.79. The molecule has 74 valence electrons. The number of hydrogen-bond donors (Lipinski definition) is 0. The van der Waals surface area contributed by atoms with E-state index in [9.17, 15) is 0 Å². The van der Waals surface area contributed by atoms with Gasteiger partial charge in [-0.25, -0.2) is 0 Å². The summed E-state index contributed by atoms with van der Waals surface area (Å²) in [4.78, 5) is 0. The first-order chi connectivity index (χ1) is 7.34. The molecule has 3 aromatic rings. The van der Waals surface area contributed by atoms with Crippen LogP contribution in [0.3, 0.4) is 0 Å². The van der Waals surface area contributed by atoms with E-state index in [1.54, 1.807) is 13.2 Å². The molecule has 2 aromatic heterocycles. The maximum atomic E-state index is 5.42. The number of fused-ring (bicyclic) bond motifs is 1. The molecule has 3 rings (SSSR count). The van der Waals surface area contributed by atoms with Crippen LogP contribution in [0.2, 0.25) is 0 Å². The molecule has 0 bridgehead atoms. The molecule has 0 N–H and O–H groups in total. The fourth-order valence-electron chi connectivity index (χ4n) is 1.55. The Morgan fingerprint density at radius 3 is 2.80 bits per heavy atom. The molecular formula is C11H8N2O2. The summed E-state index contributed by atoms with van der Waals surface area (Å²) in [6.45, 7) is 1.75. The van der Waals surface area contributed by atoms with E-state index in [1.165, 1.54) is 0 Å². The number of hydrogen-bond acceptors (Lipinski definition) is 4. The summed E-state index contributed by atoms with van der Waals surface area (Å²) >= 11 is 0. The normalized spacial score (nSPS) is 11.0. The van der Waals surface area contributed by atoms with Gasteiger partial charge >= 0.3 is 0 Å². The molecule has 0 saturated heterocycles. The molecule has 0 atom stereocenters. The lowest BCUT2D eigenvalue weighted by Crippen LogP contribution is -1.74. The Kier molecular flexibility index (Phi) is 1.62. The molecule has 0 amide bonds. The lowest BCUT2D eigenvalue weighted by Gasteiger charge is -1.89. The highest BCUT2D eigenvalue weighted by Gasteiger charge is 2.13. The Hall–Kier alpha value is -2.10. The van der Waals surface area contributed by atoms with Gasteiger partial charge in [-0.3, -0.25) is 0 Å². The van der Waals surface area contributed by atoms with Crippen molar-refractivity contribution in [3.05, 3.63) is 36.4 Å². The lowest BCUT2D eigenvalue weighted by molar-refractivity contribution is 0.499. The molecule has 2 heterocycles. The Morgan fingerprint density at radius 2 is 2.00 bits per heavy atom. The van der Waals surface area contributed by atoms with Gasteiger partial charge in [-0.1, -0.05) is 24.3 Å². The van der Waals surface area contributed by atoms with Crippen LogP contribution in [0, 0.1) is 6.92 Å². The van der Waals surface area contributed by atoms with Crippen molar-refractivity contribution >= 4 is 10.8 Å². The van der Waals surface area contributed by atoms with Crippen molar-refractivity contribution in [1.29, 1.82) is 0 Å². The largest absolute Gasteiger partial charge is 0.458 e. The van der Waals surface area contributed by atoms with Gasteiger partial charge in [0, 0.05) is 17.7 Å². The summed E-state index contributed by atoms with van der Waals surface area (Å²) in [5.74, 6) is 1.59. The zero-order valence-electron chi connectivity index (χ0n) is 8.10. The van der Waals surface area contributed by atoms with Crippen LogP contribution >= 0.6 is 0 Å². The van der Waals surface area contributed by atoms with Gasteiger partial charge < -0.3 is 8.83 Å². The molecule has 0 aliphatic carbocycles. The van der Waals surface area contributed by atoms with Gasteiger partial charge in [-0.2, -0.15) is 0 Å². The lowest BCUT2D eigenvalue weighted by atomic mass is 10.2. The van der Waals surface area contributed by atoms with Gasteiger partial charge in [0.15, 0.2) is 5.76 Å². The van der Waals surface area contributed by atoms with E-state index in [0.717, 1.165) is 10.8 Å². The van der Waals surface area contributed by atoms with Gasteiger partial charge in [0.1, 0.15) is 0 Å². The average Bonchev–Trinajstić information content (AvgIpc) is 2.83. The highest BCUT2D eigenvalue weighted by atomic mass is 16.4. The fraction of sp³-hybridized carbons (Fsp3) is 0.0909. The topological polar surface area (TPSA) is 52.1 Å². The quantitative estimate of drug-likeness (QED) is 0.606. The van der Waals surface area contributed by atoms with Crippen molar-refractivity contribution in [3.63, 3.8) is 0 Å². The van der Waals surface area contributed by atoms with Gasteiger partial charge in [0.25, 0.3) is 5.89 Å². The first kappa shape index (κ1) is 8.23. The van der Waals surface area contributed by atoms with E-state index in [1.807, 2.05) is 24.3 Å². The van der Waals surface area contributed by atoms with E-state index >= 15 is 0 Å². The predicted molar refractivity (Wildman–Crippen MR) is 54.2 cm³/mol. The number of aromatic nitrogens is 2. The van der Waals surface area contributed by atoms with E-state index in [-0.39, 0.29) is 0 Å². The summed E-state index contributed by atoms with van der Waals surface area (Å²) in [6.07, 6.45) is 1.68. The molecule has 0 saturated carbocycles. The van der Waals surface area contributed by atoms with Crippen molar-refractivity contribution < 1.29 is 8.83 Å². The van der Waals surface area contributed by atoms with Crippen LogP contribution in [0.25, 0.3) is 22.4 Å². The van der Waals surface area contributed by atoms with Crippen molar-refractivity contribution in [1.82, 2.24) is 10.2 Å². The number of aryl methyl sites for hydroxylation is 1. The molecule has 1 aromatic carbocycles. The highest BCUT2D eigenvalue weighted by molar-refractivity contribution is 5.92. The van der Waals surface area contributed by atoms with E-state index < -0.39 is 0 Å². The molecule has 0 spiro atoms. The van der Waals surface area contributed by atoms with Crippen LogP contribution in [0.5, 0.6) is 0 Å². The minimum Gasteiger partial charge on any atom is -0.458 e. The third-order valence-corrected chi connectivity index (χ3v) is 2.23. The summed E-state index contributed by atoms with van der Waals surface area (Å²) in [6, 6.07) is 7.85. The molecule has 0 unspecified atom stereocenters. The van der Waals surface area contributed by atoms with Crippen molar-refractivity contribution in [2.24, 2.45) is 0 Å². The van der Waals surface area contributed by atoms with Crippen LogP contribution in [-0.4, -0.2) is 10.2 Å². The van der Waals surface area contributed by atoms with Gasteiger partial charge in [-0.05, 0) is 0 Å². The summed E-state index contributed by atoms with van der Waals surface area (Å²) < 4.78 is 10.7. The average molecular weight is 200 g/mol. The van der Waals surface area contributed by atoms with Gasteiger partial charge in [-0.15, -0.1) is 10.2 Å². The van der Waals surface area contributed by atoms with E-state index in [2.05, 4.69) is 10.2 Å². The minimum absolute atomic E-state index is 0.425. The second-order valence-corrected chi connectivity index (χ2v) is 3.28. The molecule has 15 heavy (non-hydrogen) atoms. The first-order valence-electron chi connectivity index (χ1n) is 4.61. The molecule has 0 aliphatic rings. The summed E-state index contributed by atoms with van der Waals surface area (Å²) in [5, 5.41) is 9.72. The number of furan rings is 1. The second kappa shape index (κ2) is 2.95. The van der Waals surface area contributed by atoms with Crippen LogP contribution in [0.4, 0.5) is 0 Å².